The van der Waals surface area contributed by atoms with E-state index in [9.17, 15) is 18.0 Å². The second-order valence-corrected chi connectivity index (χ2v) is 4.62. The lowest BCUT2D eigenvalue weighted by Gasteiger charge is -2.10. The van der Waals surface area contributed by atoms with Crippen LogP contribution in [-0.4, -0.2) is 24.8 Å². The molecule has 0 atom stereocenters. The molecule has 2 heterocycles. The summed E-state index contributed by atoms with van der Waals surface area (Å²) in [6, 6.07) is 2.15. The molecule has 2 aromatic rings. The number of nitrogens with zero attached hydrogens (tertiary/aromatic N) is 5. The Hall–Kier alpha value is -2.19. The average molecular weight is 285 g/mol. The average Bonchev–Trinajstić information content (AvgIpc) is 3.11. The number of aromatic nitrogens is 5. The first kappa shape index (κ1) is 12.8. The summed E-state index contributed by atoms with van der Waals surface area (Å²) in [7, 11) is 0. The Balaban J connectivity index is 1.95. The molecule has 0 N–H and O–H groups in total. The van der Waals surface area contributed by atoms with E-state index in [1.807, 2.05) is 0 Å². The van der Waals surface area contributed by atoms with E-state index in [-0.39, 0.29) is 12.6 Å². The quantitative estimate of drug-likeness (QED) is 0.851. The molecule has 0 radical (unpaired) electrons. The lowest BCUT2D eigenvalue weighted by Crippen LogP contribution is -2.29. The third kappa shape index (κ3) is 2.30. The van der Waals surface area contributed by atoms with Crippen molar-refractivity contribution >= 4 is 0 Å². The van der Waals surface area contributed by atoms with Gasteiger partial charge in [0.1, 0.15) is 5.56 Å². The predicted molar refractivity (Wildman–Crippen MR) is 60.9 cm³/mol. The molecular weight excluding hydrogens is 275 g/mol. The molecule has 0 bridgehead atoms. The van der Waals surface area contributed by atoms with Crippen LogP contribution in [0, 0.1) is 0 Å². The number of tetrazole rings is 1. The summed E-state index contributed by atoms with van der Waals surface area (Å²) in [4.78, 5) is 11.8. The maximum atomic E-state index is 12.7. The second kappa shape index (κ2) is 4.43. The Kier molecular flexibility index (Phi) is 2.84. The van der Waals surface area contributed by atoms with Crippen molar-refractivity contribution < 1.29 is 13.2 Å². The van der Waals surface area contributed by atoms with Gasteiger partial charge in [0.05, 0.1) is 12.6 Å². The SMILES string of the molecule is O=c1c(C(F)(F)F)cccn1Cc1nnnn1C1CC1. The molecule has 3 rings (SSSR count). The molecule has 6 nitrogen and oxygen atoms in total. The molecule has 1 aliphatic carbocycles. The molecule has 1 saturated carbocycles. The molecule has 1 fully saturated rings. The fraction of sp³-hybridized carbons (Fsp3) is 0.455. The van der Waals surface area contributed by atoms with Crippen LogP contribution in [0.3, 0.4) is 0 Å². The molecule has 0 aromatic carbocycles. The van der Waals surface area contributed by atoms with Gasteiger partial charge in [-0.15, -0.1) is 5.10 Å². The Morgan fingerprint density at radius 3 is 2.75 bits per heavy atom. The van der Waals surface area contributed by atoms with Gasteiger partial charge in [0.15, 0.2) is 5.82 Å². The lowest BCUT2D eigenvalue weighted by atomic mass is 10.2. The van der Waals surface area contributed by atoms with E-state index in [1.54, 1.807) is 4.68 Å². The fourth-order valence-corrected chi connectivity index (χ4v) is 1.95. The van der Waals surface area contributed by atoms with Crippen LogP contribution in [0.15, 0.2) is 23.1 Å². The van der Waals surface area contributed by atoms with Gasteiger partial charge in [-0.05, 0) is 35.4 Å². The number of rotatable bonds is 3. The van der Waals surface area contributed by atoms with Gasteiger partial charge >= 0.3 is 6.18 Å². The van der Waals surface area contributed by atoms with Crippen LogP contribution in [0.4, 0.5) is 13.2 Å². The number of hydrogen-bond acceptors (Lipinski definition) is 4. The summed E-state index contributed by atoms with van der Waals surface area (Å²) in [5.41, 5.74) is -2.28. The standard InChI is InChI=1S/C11H10F3N5O/c12-11(13,14)8-2-1-5-18(10(8)20)6-9-15-16-17-19(9)7-3-4-7/h1-2,5,7H,3-4,6H2. The van der Waals surface area contributed by atoms with Crippen LogP contribution < -0.4 is 5.56 Å². The van der Waals surface area contributed by atoms with Crippen LogP contribution in [0.25, 0.3) is 0 Å². The maximum Gasteiger partial charge on any atom is 0.421 e. The number of pyridine rings is 1. The van der Waals surface area contributed by atoms with Gasteiger partial charge in [-0.25, -0.2) is 4.68 Å². The molecule has 1 aliphatic rings. The summed E-state index contributed by atoms with van der Waals surface area (Å²) in [5, 5.41) is 11.1. The van der Waals surface area contributed by atoms with Crippen molar-refractivity contribution in [2.24, 2.45) is 0 Å². The Morgan fingerprint density at radius 1 is 1.35 bits per heavy atom. The first-order chi connectivity index (χ1) is 9.47. The van der Waals surface area contributed by atoms with Crippen molar-refractivity contribution in [1.82, 2.24) is 24.8 Å². The summed E-state index contributed by atoms with van der Waals surface area (Å²) in [6.07, 6.45) is -1.49. The number of halogens is 3. The van der Waals surface area contributed by atoms with Crippen molar-refractivity contribution in [2.45, 2.75) is 31.6 Å². The van der Waals surface area contributed by atoms with E-state index in [1.165, 1.54) is 12.3 Å². The third-order valence-electron chi connectivity index (χ3n) is 3.09. The minimum atomic E-state index is -4.66. The highest BCUT2D eigenvalue weighted by atomic mass is 19.4. The Labute approximate surface area is 110 Å². The molecular formula is C11H10F3N5O. The maximum absolute atomic E-state index is 12.7. The monoisotopic (exact) mass is 285 g/mol. The first-order valence-electron chi connectivity index (χ1n) is 6.00. The van der Waals surface area contributed by atoms with Crippen LogP contribution in [0.1, 0.15) is 30.3 Å². The van der Waals surface area contributed by atoms with E-state index >= 15 is 0 Å². The number of hydrogen-bond donors (Lipinski definition) is 0. The number of alkyl halides is 3. The normalized spacial score (nSPS) is 15.6. The van der Waals surface area contributed by atoms with Gasteiger partial charge in [0.25, 0.3) is 5.56 Å². The van der Waals surface area contributed by atoms with Gasteiger partial charge in [-0.2, -0.15) is 13.2 Å². The third-order valence-corrected chi connectivity index (χ3v) is 3.09. The Morgan fingerprint density at radius 2 is 2.10 bits per heavy atom. The van der Waals surface area contributed by atoms with E-state index in [4.69, 9.17) is 0 Å². The van der Waals surface area contributed by atoms with Crippen LogP contribution in [-0.2, 0) is 12.7 Å². The van der Waals surface area contributed by atoms with E-state index < -0.39 is 17.3 Å². The van der Waals surface area contributed by atoms with Gasteiger partial charge in [-0.3, -0.25) is 4.79 Å². The van der Waals surface area contributed by atoms with Gasteiger partial charge in [0.2, 0.25) is 0 Å². The van der Waals surface area contributed by atoms with Crippen molar-refractivity contribution in [2.75, 3.05) is 0 Å². The highest BCUT2D eigenvalue weighted by Gasteiger charge is 2.34. The molecule has 2 aromatic heterocycles. The fourth-order valence-electron chi connectivity index (χ4n) is 1.95. The minimum Gasteiger partial charge on any atom is -0.307 e. The topological polar surface area (TPSA) is 65.6 Å². The van der Waals surface area contributed by atoms with E-state index in [0.29, 0.717) is 5.82 Å². The van der Waals surface area contributed by atoms with Crippen LogP contribution in [0.2, 0.25) is 0 Å². The van der Waals surface area contributed by atoms with E-state index in [2.05, 4.69) is 15.5 Å². The zero-order valence-corrected chi connectivity index (χ0v) is 10.2. The minimum absolute atomic E-state index is 0.0771. The van der Waals surface area contributed by atoms with Crippen molar-refractivity contribution in [3.05, 3.63) is 40.1 Å². The van der Waals surface area contributed by atoms with Gasteiger partial charge < -0.3 is 4.57 Å². The van der Waals surface area contributed by atoms with Crippen LogP contribution in [0.5, 0.6) is 0 Å². The Bertz CT molecular complexity index is 686. The van der Waals surface area contributed by atoms with Crippen molar-refractivity contribution in [3.8, 4) is 0 Å². The molecule has 0 saturated heterocycles. The van der Waals surface area contributed by atoms with Gasteiger partial charge in [0, 0.05) is 6.20 Å². The van der Waals surface area contributed by atoms with Crippen LogP contribution >= 0.6 is 0 Å². The summed E-state index contributed by atoms with van der Waals surface area (Å²) >= 11 is 0. The lowest BCUT2D eigenvalue weighted by molar-refractivity contribution is -0.138. The van der Waals surface area contributed by atoms with E-state index in [0.717, 1.165) is 23.5 Å². The predicted octanol–water partition coefficient (Wildman–Crippen LogP) is 1.24. The summed E-state index contributed by atoms with van der Waals surface area (Å²) in [5.74, 6) is 0.383. The molecule has 106 valence electrons. The molecule has 0 unspecified atom stereocenters. The molecule has 0 aliphatic heterocycles. The first-order valence-corrected chi connectivity index (χ1v) is 6.00. The zero-order chi connectivity index (χ0) is 14.3. The smallest absolute Gasteiger partial charge is 0.307 e. The highest BCUT2D eigenvalue weighted by molar-refractivity contribution is 5.14. The van der Waals surface area contributed by atoms with Crippen molar-refractivity contribution in [1.29, 1.82) is 0 Å². The zero-order valence-electron chi connectivity index (χ0n) is 10.2. The van der Waals surface area contributed by atoms with Crippen molar-refractivity contribution in [3.63, 3.8) is 0 Å². The second-order valence-electron chi connectivity index (χ2n) is 4.62. The highest BCUT2D eigenvalue weighted by Crippen LogP contribution is 2.34. The van der Waals surface area contributed by atoms with Gasteiger partial charge in [-0.1, -0.05) is 0 Å². The summed E-state index contributed by atoms with van der Waals surface area (Å²) in [6.45, 7) is -0.0771. The molecule has 0 spiro atoms. The largest absolute Gasteiger partial charge is 0.421 e. The molecule has 0 amide bonds. The molecule has 20 heavy (non-hydrogen) atoms. The molecule has 9 heteroatoms. The summed E-state index contributed by atoms with van der Waals surface area (Å²) < 4.78 is 40.5.